The highest BCUT2D eigenvalue weighted by Gasteiger charge is 2.11. The molecule has 0 radical (unpaired) electrons. The summed E-state index contributed by atoms with van der Waals surface area (Å²) in [5, 5.41) is 0.0787. The molecule has 24 heavy (non-hydrogen) atoms. The summed E-state index contributed by atoms with van der Waals surface area (Å²) in [5.41, 5.74) is 2.13. The maximum atomic E-state index is 11.9. The van der Waals surface area contributed by atoms with Crippen LogP contribution in [-0.4, -0.2) is 20.9 Å². The van der Waals surface area contributed by atoms with Crippen molar-refractivity contribution in [2.24, 2.45) is 0 Å². The second-order valence-electron chi connectivity index (χ2n) is 5.68. The van der Waals surface area contributed by atoms with Gasteiger partial charge in [-0.25, -0.2) is 4.98 Å². The average Bonchev–Trinajstić information content (AvgIpc) is 3.03. The number of alkyl halides is 1. The number of halogens is 1. The maximum Gasteiger partial charge on any atom is 0.310 e. The number of hydrogen-bond donors (Lipinski definition) is 0. The zero-order valence-corrected chi connectivity index (χ0v) is 14.0. The average molecular weight is 343 g/mol. The molecule has 1 unspecified atom stereocenters. The Kier molecular flexibility index (Phi) is 5.49. The van der Waals surface area contributed by atoms with Crippen LogP contribution in [0.3, 0.4) is 0 Å². The molecule has 0 N–H and O–H groups in total. The summed E-state index contributed by atoms with van der Waals surface area (Å²) in [6, 6.07) is 9.56. The molecule has 1 aromatic heterocycles. The third kappa shape index (κ3) is 4.59. The van der Waals surface area contributed by atoms with Gasteiger partial charge in [0.15, 0.2) is 0 Å². The SMILES string of the molecule is O=C(Cc1ccccc1)OCc1nccn1CC1=CCC(Cl)C=C1. The molecular weight excluding hydrogens is 324 g/mol. The quantitative estimate of drug-likeness (QED) is 0.594. The van der Waals surface area contributed by atoms with Crippen molar-refractivity contribution in [3.63, 3.8) is 0 Å². The normalized spacial score (nSPS) is 16.7. The Balaban J connectivity index is 1.54. The Bertz CT molecular complexity index is 750. The second kappa shape index (κ2) is 7.97. The summed E-state index contributed by atoms with van der Waals surface area (Å²) < 4.78 is 7.34. The lowest BCUT2D eigenvalue weighted by atomic mass is 10.1. The van der Waals surface area contributed by atoms with Crippen molar-refractivity contribution >= 4 is 17.6 Å². The smallest absolute Gasteiger partial charge is 0.310 e. The zero-order chi connectivity index (χ0) is 16.8. The van der Waals surface area contributed by atoms with Crippen LogP contribution in [0.15, 0.2) is 66.5 Å². The van der Waals surface area contributed by atoms with E-state index in [0.717, 1.165) is 17.8 Å². The van der Waals surface area contributed by atoms with E-state index < -0.39 is 0 Å². The highest BCUT2D eigenvalue weighted by molar-refractivity contribution is 6.22. The van der Waals surface area contributed by atoms with Crippen molar-refractivity contribution < 1.29 is 9.53 Å². The molecule has 0 fully saturated rings. The van der Waals surface area contributed by atoms with Crippen molar-refractivity contribution in [3.8, 4) is 0 Å². The molecule has 0 spiro atoms. The fraction of sp³-hybridized carbons (Fsp3) is 0.263. The summed E-state index contributed by atoms with van der Waals surface area (Å²) in [7, 11) is 0. The van der Waals surface area contributed by atoms with Gasteiger partial charge >= 0.3 is 5.97 Å². The number of nitrogens with zero attached hydrogens (tertiary/aromatic N) is 2. The highest BCUT2D eigenvalue weighted by Crippen LogP contribution is 2.17. The number of allylic oxidation sites excluding steroid dienone is 4. The van der Waals surface area contributed by atoms with Crippen LogP contribution in [0.25, 0.3) is 0 Å². The molecule has 0 amide bonds. The molecule has 3 rings (SSSR count). The van der Waals surface area contributed by atoms with E-state index in [1.807, 2.05) is 53.2 Å². The van der Waals surface area contributed by atoms with E-state index in [0.29, 0.717) is 6.54 Å². The number of esters is 1. The molecule has 124 valence electrons. The van der Waals surface area contributed by atoms with E-state index in [-0.39, 0.29) is 24.4 Å². The number of aromatic nitrogens is 2. The Labute approximate surface area is 146 Å². The predicted molar refractivity (Wildman–Crippen MR) is 93.7 cm³/mol. The van der Waals surface area contributed by atoms with Gasteiger partial charge in [0.1, 0.15) is 12.4 Å². The van der Waals surface area contributed by atoms with Crippen molar-refractivity contribution in [1.82, 2.24) is 9.55 Å². The lowest BCUT2D eigenvalue weighted by Crippen LogP contribution is -2.12. The van der Waals surface area contributed by atoms with Crippen LogP contribution in [0.2, 0.25) is 0 Å². The van der Waals surface area contributed by atoms with Gasteiger partial charge in [-0.3, -0.25) is 4.79 Å². The third-order valence-electron chi connectivity index (χ3n) is 3.83. The number of hydrogen-bond acceptors (Lipinski definition) is 3. The van der Waals surface area contributed by atoms with E-state index in [1.54, 1.807) is 6.20 Å². The minimum atomic E-state index is -0.252. The van der Waals surface area contributed by atoms with Crippen LogP contribution < -0.4 is 0 Å². The van der Waals surface area contributed by atoms with Crippen molar-refractivity contribution in [3.05, 3.63) is 77.9 Å². The van der Waals surface area contributed by atoms with Gasteiger partial charge < -0.3 is 9.30 Å². The summed E-state index contributed by atoms with van der Waals surface area (Å²) in [4.78, 5) is 16.2. The van der Waals surface area contributed by atoms with Crippen LogP contribution in [0.1, 0.15) is 17.8 Å². The van der Waals surface area contributed by atoms with E-state index in [1.165, 1.54) is 5.57 Å². The van der Waals surface area contributed by atoms with Gasteiger partial charge in [-0.15, -0.1) is 11.6 Å². The van der Waals surface area contributed by atoms with Crippen LogP contribution >= 0.6 is 11.6 Å². The molecule has 0 aliphatic heterocycles. The van der Waals surface area contributed by atoms with Crippen molar-refractivity contribution in [2.75, 3.05) is 0 Å². The monoisotopic (exact) mass is 342 g/mol. The summed E-state index contributed by atoms with van der Waals surface area (Å²) in [6.45, 7) is 0.874. The van der Waals surface area contributed by atoms with Gasteiger partial charge in [0.2, 0.25) is 0 Å². The predicted octanol–water partition coefficient (Wildman–Crippen LogP) is 3.66. The number of rotatable bonds is 6. The standard InChI is InChI=1S/C19H19ClN2O2/c20-17-8-6-16(7-9-17)13-22-11-10-21-18(22)14-24-19(23)12-15-4-2-1-3-5-15/h1-8,10-11,17H,9,12-14H2. The lowest BCUT2D eigenvalue weighted by molar-refractivity contribution is -0.144. The number of carbonyl (C=O) groups excluding carboxylic acids is 1. The molecule has 0 saturated carbocycles. The summed E-state index contributed by atoms with van der Waals surface area (Å²) >= 11 is 6.04. The molecule has 1 atom stereocenters. The fourth-order valence-electron chi connectivity index (χ4n) is 2.54. The Morgan fingerprint density at radius 1 is 1.33 bits per heavy atom. The second-order valence-corrected chi connectivity index (χ2v) is 6.24. The Morgan fingerprint density at radius 3 is 2.92 bits per heavy atom. The highest BCUT2D eigenvalue weighted by atomic mass is 35.5. The zero-order valence-electron chi connectivity index (χ0n) is 13.3. The van der Waals surface area contributed by atoms with Gasteiger partial charge in [0.25, 0.3) is 0 Å². The van der Waals surface area contributed by atoms with Crippen molar-refractivity contribution in [2.45, 2.75) is 31.4 Å². The molecule has 0 bridgehead atoms. The molecule has 1 aliphatic carbocycles. The minimum Gasteiger partial charge on any atom is -0.457 e. The fourth-order valence-corrected chi connectivity index (χ4v) is 2.70. The number of benzene rings is 1. The molecule has 5 heteroatoms. The van der Waals surface area contributed by atoms with Crippen LogP contribution in [0.4, 0.5) is 0 Å². The van der Waals surface area contributed by atoms with Gasteiger partial charge in [-0.2, -0.15) is 0 Å². The molecule has 0 saturated heterocycles. The molecule has 4 nitrogen and oxygen atoms in total. The third-order valence-corrected chi connectivity index (χ3v) is 4.16. The number of imidazole rings is 1. The van der Waals surface area contributed by atoms with Gasteiger partial charge in [0, 0.05) is 18.9 Å². The summed E-state index contributed by atoms with van der Waals surface area (Å²) in [5.74, 6) is 0.483. The first kappa shape index (κ1) is 16.5. The van der Waals surface area contributed by atoms with E-state index in [2.05, 4.69) is 11.1 Å². The largest absolute Gasteiger partial charge is 0.457 e. The van der Waals surface area contributed by atoms with Gasteiger partial charge in [-0.05, 0) is 17.6 Å². The first-order chi connectivity index (χ1) is 11.7. The Hall–Kier alpha value is -2.33. The Morgan fingerprint density at radius 2 is 2.17 bits per heavy atom. The maximum absolute atomic E-state index is 11.9. The first-order valence-corrected chi connectivity index (χ1v) is 8.35. The van der Waals surface area contributed by atoms with Gasteiger partial charge in [-0.1, -0.05) is 48.6 Å². The number of ether oxygens (including phenoxy) is 1. The lowest BCUT2D eigenvalue weighted by Gasteiger charge is -2.13. The molecule has 2 aromatic rings. The van der Waals surface area contributed by atoms with Crippen LogP contribution in [0.5, 0.6) is 0 Å². The topological polar surface area (TPSA) is 44.1 Å². The molecule has 1 heterocycles. The van der Waals surface area contributed by atoms with Crippen molar-refractivity contribution in [1.29, 1.82) is 0 Å². The summed E-state index contributed by atoms with van der Waals surface area (Å²) in [6.07, 6.45) is 10.9. The van der Waals surface area contributed by atoms with E-state index in [9.17, 15) is 4.79 Å². The van der Waals surface area contributed by atoms with Crippen LogP contribution in [0, 0.1) is 0 Å². The number of carbonyl (C=O) groups is 1. The van der Waals surface area contributed by atoms with E-state index >= 15 is 0 Å². The minimum absolute atomic E-state index is 0.0787. The van der Waals surface area contributed by atoms with Crippen LogP contribution in [-0.2, 0) is 29.1 Å². The van der Waals surface area contributed by atoms with Gasteiger partial charge in [0.05, 0.1) is 11.8 Å². The molecular formula is C19H19ClN2O2. The first-order valence-electron chi connectivity index (χ1n) is 7.91. The molecule has 1 aliphatic rings. The molecule has 1 aromatic carbocycles. The van der Waals surface area contributed by atoms with E-state index in [4.69, 9.17) is 16.3 Å².